The van der Waals surface area contributed by atoms with E-state index in [2.05, 4.69) is 15.3 Å². The number of carbonyl (C=O) groups excluding carboxylic acids is 2. The highest BCUT2D eigenvalue weighted by molar-refractivity contribution is 7.16. The summed E-state index contributed by atoms with van der Waals surface area (Å²) in [6, 6.07) is 9.49. The Morgan fingerprint density at radius 3 is 2.71 bits per heavy atom. The molecule has 1 aromatic carbocycles. The number of hydrogen-bond acceptors (Lipinski definition) is 7. The Labute approximate surface area is 207 Å². The number of aromatic nitrogens is 2. The molecule has 2 aliphatic heterocycles. The molecule has 35 heavy (non-hydrogen) atoms. The van der Waals surface area contributed by atoms with Crippen LogP contribution in [-0.2, 0) is 22.6 Å². The predicted octanol–water partition coefficient (Wildman–Crippen LogP) is 4.04. The minimum Gasteiger partial charge on any atom is -0.496 e. The summed E-state index contributed by atoms with van der Waals surface area (Å²) in [5.74, 6) is 0.730. The van der Waals surface area contributed by atoms with Crippen molar-refractivity contribution >= 4 is 28.3 Å². The normalized spacial score (nSPS) is 18.1. The SMILES string of the molecule is COc1ccccc1-c1cc(C)ncc1C(=O)Nc1nc2c(s1)CN(C(=O)C1CC3(COC3)C1)C2. The van der Waals surface area contributed by atoms with Gasteiger partial charge >= 0.3 is 0 Å². The Bertz CT molecular complexity index is 1300. The molecule has 1 N–H and O–H groups in total. The average molecular weight is 491 g/mol. The fraction of sp³-hybridized carbons (Fsp3) is 0.385. The molecule has 0 radical (unpaired) electrons. The number of methoxy groups -OCH3 is 1. The van der Waals surface area contributed by atoms with Crippen molar-refractivity contribution in [3.05, 3.63) is 58.4 Å². The lowest BCUT2D eigenvalue weighted by Gasteiger charge is -2.53. The van der Waals surface area contributed by atoms with Crippen molar-refractivity contribution in [1.82, 2.24) is 14.9 Å². The number of para-hydroxylation sites is 1. The van der Waals surface area contributed by atoms with Gasteiger partial charge in [-0.15, -0.1) is 0 Å². The van der Waals surface area contributed by atoms with Gasteiger partial charge in [0.15, 0.2) is 5.13 Å². The molecule has 1 aliphatic carbocycles. The molecule has 1 saturated heterocycles. The number of benzene rings is 1. The zero-order chi connectivity index (χ0) is 24.2. The van der Waals surface area contributed by atoms with Crippen molar-refractivity contribution in [2.45, 2.75) is 32.9 Å². The Kier molecular flexibility index (Phi) is 5.34. The molecular formula is C26H26N4O4S. The summed E-state index contributed by atoms with van der Waals surface area (Å²) in [4.78, 5) is 38.0. The summed E-state index contributed by atoms with van der Waals surface area (Å²) in [5.41, 5.74) is 3.98. The molecule has 3 aromatic rings. The number of nitrogens with one attached hydrogen (secondary N) is 1. The van der Waals surface area contributed by atoms with E-state index in [0.717, 1.165) is 53.4 Å². The van der Waals surface area contributed by atoms with Crippen LogP contribution >= 0.6 is 11.3 Å². The van der Waals surface area contributed by atoms with Crippen LogP contribution in [0.15, 0.2) is 36.5 Å². The van der Waals surface area contributed by atoms with E-state index < -0.39 is 0 Å². The number of carbonyl (C=O) groups is 2. The van der Waals surface area contributed by atoms with Gasteiger partial charge in [-0.25, -0.2) is 4.98 Å². The summed E-state index contributed by atoms with van der Waals surface area (Å²) in [6.45, 7) is 4.54. The second kappa shape index (κ2) is 8.42. The summed E-state index contributed by atoms with van der Waals surface area (Å²) in [7, 11) is 1.61. The first-order valence-electron chi connectivity index (χ1n) is 11.7. The van der Waals surface area contributed by atoms with Gasteiger partial charge in [0.1, 0.15) is 5.75 Å². The van der Waals surface area contributed by atoms with Gasteiger partial charge in [-0.1, -0.05) is 29.5 Å². The molecular weight excluding hydrogens is 464 g/mol. The third kappa shape index (κ3) is 3.88. The van der Waals surface area contributed by atoms with Crippen LogP contribution in [0.3, 0.4) is 0 Å². The summed E-state index contributed by atoms with van der Waals surface area (Å²) < 4.78 is 10.8. The van der Waals surface area contributed by atoms with Crippen molar-refractivity contribution in [2.75, 3.05) is 25.6 Å². The van der Waals surface area contributed by atoms with E-state index in [0.29, 0.717) is 29.5 Å². The van der Waals surface area contributed by atoms with Gasteiger partial charge in [0.25, 0.3) is 5.91 Å². The fourth-order valence-electron chi connectivity index (χ4n) is 5.29. The van der Waals surface area contributed by atoms with Crippen molar-refractivity contribution in [1.29, 1.82) is 0 Å². The van der Waals surface area contributed by atoms with Crippen molar-refractivity contribution in [3.8, 4) is 16.9 Å². The quantitative estimate of drug-likeness (QED) is 0.580. The van der Waals surface area contributed by atoms with Gasteiger partial charge in [0, 0.05) is 34.4 Å². The van der Waals surface area contributed by atoms with E-state index in [-0.39, 0.29) is 23.1 Å². The van der Waals surface area contributed by atoms with E-state index in [9.17, 15) is 9.59 Å². The highest BCUT2D eigenvalue weighted by atomic mass is 32.1. The number of anilines is 1. The van der Waals surface area contributed by atoms with Crippen LogP contribution in [0.4, 0.5) is 5.13 Å². The molecule has 9 heteroatoms. The molecule has 3 aliphatic rings. The topological polar surface area (TPSA) is 93.6 Å². The van der Waals surface area contributed by atoms with Crippen molar-refractivity contribution < 1.29 is 19.1 Å². The van der Waals surface area contributed by atoms with Crippen LogP contribution < -0.4 is 10.1 Å². The molecule has 1 saturated carbocycles. The second-order valence-electron chi connectivity index (χ2n) is 9.71. The van der Waals surface area contributed by atoms with Gasteiger partial charge in [0.2, 0.25) is 5.91 Å². The number of fused-ring (bicyclic) bond motifs is 1. The third-order valence-corrected chi connectivity index (χ3v) is 8.19. The van der Waals surface area contributed by atoms with Crippen LogP contribution in [-0.4, -0.2) is 47.0 Å². The minimum atomic E-state index is -0.277. The average Bonchev–Trinajstić information content (AvgIpc) is 3.35. The molecule has 0 bridgehead atoms. The zero-order valence-corrected chi connectivity index (χ0v) is 20.5. The van der Waals surface area contributed by atoms with Crippen molar-refractivity contribution in [2.24, 2.45) is 11.3 Å². The lowest BCUT2D eigenvalue weighted by atomic mass is 9.60. The van der Waals surface area contributed by atoms with Crippen LogP contribution in [0, 0.1) is 18.3 Å². The lowest BCUT2D eigenvalue weighted by Crippen LogP contribution is -2.55. The van der Waals surface area contributed by atoms with Gasteiger partial charge in [-0.05, 0) is 31.9 Å². The Hall–Kier alpha value is -3.30. The highest BCUT2D eigenvalue weighted by Gasteiger charge is 2.53. The smallest absolute Gasteiger partial charge is 0.259 e. The molecule has 0 unspecified atom stereocenters. The maximum absolute atomic E-state index is 13.2. The molecule has 1 spiro atoms. The van der Waals surface area contributed by atoms with Gasteiger partial charge in [0.05, 0.1) is 49.5 Å². The molecule has 6 rings (SSSR count). The van der Waals surface area contributed by atoms with Crippen LogP contribution in [0.25, 0.3) is 11.1 Å². The van der Waals surface area contributed by atoms with E-state index in [4.69, 9.17) is 9.47 Å². The maximum Gasteiger partial charge on any atom is 0.259 e. The Balaban J connectivity index is 1.16. The van der Waals surface area contributed by atoms with E-state index in [1.807, 2.05) is 42.2 Å². The molecule has 2 amide bonds. The number of ether oxygens (including phenoxy) is 2. The zero-order valence-electron chi connectivity index (χ0n) is 19.7. The van der Waals surface area contributed by atoms with Gasteiger partial charge in [-0.2, -0.15) is 0 Å². The number of nitrogens with zero attached hydrogens (tertiary/aromatic N) is 3. The molecule has 0 atom stereocenters. The summed E-state index contributed by atoms with van der Waals surface area (Å²) in [5, 5.41) is 3.48. The monoisotopic (exact) mass is 490 g/mol. The molecule has 2 fully saturated rings. The van der Waals surface area contributed by atoms with Crippen LogP contribution in [0.2, 0.25) is 0 Å². The van der Waals surface area contributed by atoms with Crippen molar-refractivity contribution in [3.63, 3.8) is 0 Å². The van der Waals surface area contributed by atoms with E-state index >= 15 is 0 Å². The number of hydrogen-bond donors (Lipinski definition) is 1. The Morgan fingerprint density at radius 2 is 2.00 bits per heavy atom. The molecule has 2 aromatic heterocycles. The largest absolute Gasteiger partial charge is 0.496 e. The molecule has 180 valence electrons. The summed E-state index contributed by atoms with van der Waals surface area (Å²) >= 11 is 1.43. The first kappa shape index (κ1) is 22.2. The number of pyridine rings is 1. The first-order chi connectivity index (χ1) is 16.9. The molecule has 8 nitrogen and oxygen atoms in total. The van der Waals surface area contributed by atoms with Gasteiger partial charge in [-0.3, -0.25) is 19.9 Å². The minimum absolute atomic E-state index is 0.106. The number of amides is 2. The first-order valence-corrected chi connectivity index (χ1v) is 12.5. The van der Waals surface area contributed by atoms with Gasteiger partial charge < -0.3 is 14.4 Å². The maximum atomic E-state index is 13.2. The van der Waals surface area contributed by atoms with E-state index in [1.165, 1.54) is 11.3 Å². The van der Waals surface area contributed by atoms with Crippen LogP contribution in [0.5, 0.6) is 5.75 Å². The Morgan fingerprint density at radius 1 is 1.20 bits per heavy atom. The highest BCUT2D eigenvalue weighted by Crippen LogP contribution is 2.51. The molecule has 4 heterocycles. The summed E-state index contributed by atoms with van der Waals surface area (Å²) in [6.07, 6.45) is 3.46. The number of thiazole rings is 1. The third-order valence-electron chi connectivity index (χ3n) is 7.19. The second-order valence-corrected chi connectivity index (χ2v) is 10.8. The lowest BCUT2D eigenvalue weighted by molar-refractivity contribution is -0.189. The van der Waals surface area contributed by atoms with Crippen LogP contribution in [0.1, 0.15) is 39.5 Å². The number of aryl methyl sites for hydroxylation is 1. The number of rotatable bonds is 5. The predicted molar refractivity (Wildman–Crippen MR) is 131 cm³/mol. The van der Waals surface area contributed by atoms with E-state index in [1.54, 1.807) is 13.3 Å². The fourth-order valence-corrected chi connectivity index (χ4v) is 6.27. The standard InChI is InChI=1S/C26H26N4O4S/c1-15-7-18(17-5-3-4-6-21(17)33-2)19(10-27-15)23(31)29-25-28-20-11-30(12-22(20)35-25)24(32)16-8-26(9-16)13-34-14-26/h3-7,10,16H,8-9,11-14H2,1-2H3,(H,28,29,31).